The molecular weight excluding hydrogens is 503 g/mol. The fourth-order valence-corrected chi connectivity index (χ4v) is 6.35. The Morgan fingerprint density at radius 3 is 2.67 bits per heavy atom. The van der Waals surface area contributed by atoms with E-state index in [-0.39, 0.29) is 42.2 Å². The van der Waals surface area contributed by atoms with Crippen molar-refractivity contribution >= 4 is 21.8 Å². The second-order valence-electron chi connectivity index (χ2n) is 9.09. The summed E-state index contributed by atoms with van der Waals surface area (Å²) in [6.07, 6.45) is -0.649. The lowest BCUT2D eigenvalue weighted by atomic mass is 9.74. The van der Waals surface area contributed by atoms with Gasteiger partial charge in [0.15, 0.2) is 11.6 Å². The number of sulfonamides is 1. The molecule has 3 saturated carbocycles. The third-order valence-corrected chi connectivity index (χ3v) is 8.06. The van der Waals surface area contributed by atoms with Crippen LogP contribution >= 0.6 is 0 Å². The smallest absolute Gasteiger partial charge is 0.452 e. The summed E-state index contributed by atoms with van der Waals surface area (Å²) < 4.78 is 72.9. The number of anilines is 1. The molecule has 15 heteroatoms. The molecule has 0 unspecified atom stereocenters. The molecule has 0 aliphatic heterocycles. The van der Waals surface area contributed by atoms with Gasteiger partial charge < -0.3 is 10.5 Å². The summed E-state index contributed by atoms with van der Waals surface area (Å²) >= 11 is 0. The van der Waals surface area contributed by atoms with Crippen molar-refractivity contribution in [2.45, 2.75) is 54.8 Å². The number of benzene rings is 1. The van der Waals surface area contributed by atoms with Crippen molar-refractivity contribution in [1.82, 2.24) is 29.5 Å². The Labute approximate surface area is 203 Å². The van der Waals surface area contributed by atoms with Gasteiger partial charge in [0.25, 0.3) is 0 Å². The van der Waals surface area contributed by atoms with Gasteiger partial charge in [-0.2, -0.15) is 23.0 Å². The minimum atomic E-state index is -5.10. The van der Waals surface area contributed by atoms with Gasteiger partial charge in [-0.3, -0.25) is 0 Å². The molecule has 0 saturated heterocycles. The molecule has 3 N–H and O–H groups in total. The summed E-state index contributed by atoms with van der Waals surface area (Å²) in [4.78, 5) is 23.7. The average Bonchev–Trinajstić information content (AvgIpc) is 3.49. The molecule has 3 aliphatic rings. The highest BCUT2D eigenvalue weighted by atomic mass is 32.2. The van der Waals surface area contributed by atoms with E-state index in [1.807, 2.05) is 0 Å². The molecule has 0 amide bonds. The summed E-state index contributed by atoms with van der Waals surface area (Å²) in [5, 5.41) is 3.99. The van der Waals surface area contributed by atoms with Crippen LogP contribution in [0.3, 0.4) is 0 Å². The summed E-state index contributed by atoms with van der Waals surface area (Å²) in [7, 11) is -4.07. The maximum Gasteiger partial charge on any atom is 0.490 e. The number of aromatic nitrogens is 5. The zero-order chi connectivity index (χ0) is 25.9. The van der Waals surface area contributed by atoms with Crippen molar-refractivity contribution in [1.29, 1.82) is 0 Å². The van der Waals surface area contributed by atoms with Gasteiger partial charge >= 0.3 is 12.1 Å². The second-order valence-corrected chi connectivity index (χ2v) is 10.8. The first-order valence-electron chi connectivity index (χ1n) is 10.7. The molecule has 3 fully saturated rings. The molecule has 2 bridgehead atoms. The summed E-state index contributed by atoms with van der Waals surface area (Å²) in [5.74, 6) is -1.94. The summed E-state index contributed by atoms with van der Waals surface area (Å²) in [6.45, 7) is 1.78. The molecule has 2 heterocycles. The number of nitrogens with zero attached hydrogens (tertiary/aromatic N) is 5. The predicted molar refractivity (Wildman–Crippen MR) is 118 cm³/mol. The van der Waals surface area contributed by atoms with E-state index in [0.29, 0.717) is 11.3 Å². The Morgan fingerprint density at radius 1 is 1.25 bits per heavy atom. The number of alkyl halides is 3. The number of nitrogen functional groups attached to an aromatic ring is 1. The van der Waals surface area contributed by atoms with Crippen LogP contribution in [0.2, 0.25) is 0 Å². The van der Waals surface area contributed by atoms with Gasteiger partial charge in [0.2, 0.25) is 10.0 Å². The van der Waals surface area contributed by atoms with Crippen LogP contribution in [0.5, 0.6) is 0 Å². The van der Waals surface area contributed by atoms with Gasteiger partial charge in [0, 0.05) is 23.9 Å². The number of hydrogen-bond acceptors (Lipinski definition) is 9. The van der Waals surface area contributed by atoms with Gasteiger partial charge in [-0.15, -0.1) is 0 Å². The zero-order valence-electron chi connectivity index (χ0n) is 18.8. The predicted octanol–water partition coefficient (Wildman–Crippen LogP) is 2.06. The van der Waals surface area contributed by atoms with Crippen molar-refractivity contribution in [2.75, 3.05) is 5.73 Å². The highest BCUT2D eigenvalue weighted by molar-refractivity contribution is 7.89. The van der Waals surface area contributed by atoms with E-state index in [0.717, 1.165) is 5.56 Å². The number of aryl methyl sites for hydroxylation is 1. The van der Waals surface area contributed by atoms with E-state index < -0.39 is 33.3 Å². The summed E-state index contributed by atoms with van der Waals surface area (Å²) in [5.41, 5.74) is 5.19. The third-order valence-electron chi connectivity index (χ3n) is 6.48. The number of nitrogens with one attached hydrogen (secondary N) is 1. The number of halogens is 3. The topological polar surface area (TPSA) is 155 Å². The van der Waals surface area contributed by atoms with E-state index in [2.05, 4.69) is 29.5 Å². The molecule has 36 heavy (non-hydrogen) atoms. The number of carbonyl (C=O) groups excluding carboxylic acids is 1. The molecule has 3 aromatic rings. The summed E-state index contributed by atoms with van der Waals surface area (Å²) in [6, 6.07) is 4.47. The maximum atomic E-state index is 13.2. The minimum Gasteiger partial charge on any atom is -0.452 e. The Hall–Kier alpha value is -3.59. The van der Waals surface area contributed by atoms with Crippen LogP contribution in [-0.4, -0.2) is 56.4 Å². The molecule has 190 valence electrons. The van der Waals surface area contributed by atoms with Crippen LogP contribution in [0.1, 0.15) is 31.2 Å². The number of carbonyl (C=O) groups is 1. The van der Waals surface area contributed by atoms with Crippen molar-refractivity contribution in [3.05, 3.63) is 42.6 Å². The first-order chi connectivity index (χ1) is 16.8. The van der Waals surface area contributed by atoms with Gasteiger partial charge in [0.1, 0.15) is 18.3 Å². The largest absolute Gasteiger partial charge is 0.490 e. The quantitative estimate of drug-likeness (QED) is 0.462. The third kappa shape index (κ3) is 4.17. The fraction of sp³-hybridized carbons (Fsp3) is 0.381. The molecule has 11 nitrogen and oxygen atoms in total. The van der Waals surface area contributed by atoms with Gasteiger partial charge in [-0.1, -0.05) is 6.07 Å². The van der Waals surface area contributed by atoms with Crippen LogP contribution in [0.25, 0.3) is 17.1 Å². The van der Waals surface area contributed by atoms with Crippen LogP contribution in [0, 0.1) is 6.92 Å². The minimum absolute atomic E-state index is 0.0233. The highest BCUT2D eigenvalue weighted by Crippen LogP contribution is 2.58. The van der Waals surface area contributed by atoms with E-state index in [4.69, 9.17) is 5.73 Å². The number of ether oxygens (including phenoxy) is 1. The lowest BCUT2D eigenvalue weighted by molar-refractivity contribution is -0.220. The molecule has 0 radical (unpaired) electrons. The number of nitrogens with two attached hydrogens (primary N) is 1. The van der Waals surface area contributed by atoms with E-state index >= 15 is 0 Å². The lowest BCUT2D eigenvalue weighted by Crippen LogP contribution is -2.60. The van der Waals surface area contributed by atoms with Crippen LogP contribution in [0.15, 0.2) is 41.9 Å². The highest BCUT2D eigenvalue weighted by Gasteiger charge is 2.66. The number of fused-ring (bicyclic) bond motifs is 1. The first kappa shape index (κ1) is 24.1. The first-order valence-corrected chi connectivity index (χ1v) is 12.2. The monoisotopic (exact) mass is 523 g/mol. The Morgan fingerprint density at radius 2 is 2.00 bits per heavy atom. The maximum absolute atomic E-state index is 13.2. The fourth-order valence-electron chi connectivity index (χ4n) is 4.90. The lowest BCUT2D eigenvalue weighted by Gasteiger charge is -2.46. The Balaban J connectivity index is 1.39. The molecule has 1 aromatic carbocycles. The second kappa shape index (κ2) is 7.96. The number of rotatable bonds is 6. The average molecular weight is 523 g/mol. The standard InChI is InChI=1S/C21H20F3N7O4S/c1-12-2-3-13(6-14(12)15-7-27-16(25)17(29-15)31-11-26-10-28-31)36(33,34)30-19-4-5-20(8-19,9-19)35-18(32)21(22,23)24/h2-3,6-7,10-11,30H,4-5,8-9H2,1H3,(H2,25,27). The van der Waals surface area contributed by atoms with Gasteiger partial charge in [-0.25, -0.2) is 32.9 Å². The van der Waals surface area contributed by atoms with Crippen LogP contribution in [0.4, 0.5) is 19.0 Å². The van der Waals surface area contributed by atoms with Crippen LogP contribution < -0.4 is 10.5 Å². The van der Waals surface area contributed by atoms with Crippen molar-refractivity contribution < 1.29 is 31.1 Å². The van der Waals surface area contributed by atoms with Crippen LogP contribution in [-0.2, 0) is 19.6 Å². The molecular formula is C21H20F3N7O4S. The SMILES string of the molecule is Cc1ccc(S(=O)(=O)NC23CCC(OC(=O)C(F)(F)F)(C2)C3)cc1-c1cnc(N)c(-n2cncn2)n1. The molecule has 3 aliphatic carbocycles. The Bertz CT molecular complexity index is 1450. The molecule has 0 spiro atoms. The number of esters is 1. The number of hydrogen-bond donors (Lipinski definition) is 2. The van der Waals surface area contributed by atoms with Crippen molar-refractivity contribution in [2.24, 2.45) is 0 Å². The molecule has 6 rings (SSSR count). The van der Waals surface area contributed by atoms with E-state index in [9.17, 15) is 26.4 Å². The molecule has 0 atom stereocenters. The van der Waals surface area contributed by atoms with E-state index in [1.54, 1.807) is 13.0 Å². The van der Waals surface area contributed by atoms with Gasteiger partial charge in [0.05, 0.1) is 16.8 Å². The normalized spacial score (nSPS) is 23.3. The van der Waals surface area contributed by atoms with E-state index in [1.165, 1.54) is 35.7 Å². The van der Waals surface area contributed by atoms with Crippen molar-refractivity contribution in [3.63, 3.8) is 0 Å². The Kier molecular flexibility index (Phi) is 5.33. The zero-order valence-corrected chi connectivity index (χ0v) is 19.6. The van der Waals surface area contributed by atoms with Crippen molar-refractivity contribution in [3.8, 4) is 17.1 Å². The van der Waals surface area contributed by atoms with Gasteiger partial charge in [-0.05, 0) is 37.5 Å². The molecule has 2 aromatic heterocycles.